The number of hydrogen-bond donors (Lipinski definition) is 0. The summed E-state index contributed by atoms with van der Waals surface area (Å²) in [6, 6.07) is 5.56. The summed E-state index contributed by atoms with van der Waals surface area (Å²) < 4.78 is 1.84. The van der Waals surface area contributed by atoms with E-state index in [9.17, 15) is 4.79 Å². The summed E-state index contributed by atoms with van der Waals surface area (Å²) in [4.78, 5) is 23.2. The maximum Gasteiger partial charge on any atom is 0.155 e. The van der Waals surface area contributed by atoms with Crippen molar-refractivity contribution in [2.24, 2.45) is 0 Å². The van der Waals surface area contributed by atoms with Crippen LogP contribution in [0.3, 0.4) is 0 Å². The normalized spacial score (nSPS) is 10.7. The van der Waals surface area contributed by atoms with Gasteiger partial charge in [0.15, 0.2) is 6.29 Å². The molecule has 3 rings (SSSR count). The maximum atomic E-state index is 11.1. The molecule has 3 aromatic rings. The Morgan fingerprint density at radius 3 is 2.94 bits per heavy atom. The van der Waals surface area contributed by atoms with Crippen LogP contribution in [0.25, 0.3) is 17.0 Å². The number of fused-ring (bicyclic) bond motifs is 1. The molecule has 3 aromatic heterocycles. The number of carbonyl (C=O) groups excluding carboxylic acids is 1. The molecule has 0 unspecified atom stereocenters. The Kier molecular flexibility index (Phi) is 2.53. The standard InChI is InChI=1S/C12H7ClN4O/c13-12-8(6-18)11(15-7-16-12)9-2-1-3-10-14-4-5-17(9)10/h1-7H. The van der Waals surface area contributed by atoms with Crippen molar-refractivity contribution in [2.45, 2.75) is 0 Å². The van der Waals surface area contributed by atoms with Crippen molar-refractivity contribution in [3.05, 3.63) is 47.6 Å². The van der Waals surface area contributed by atoms with E-state index in [0.717, 1.165) is 11.3 Å². The Morgan fingerprint density at radius 2 is 2.11 bits per heavy atom. The third kappa shape index (κ3) is 1.56. The number of pyridine rings is 1. The smallest absolute Gasteiger partial charge is 0.155 e. The second kappa shape index (κ2) is 4.19. The molecule has 0 aliphatic rings. The van der Waals surface area contributed by atoms with Crippen molar-refractivity contribution in [1.82, 2.24) is 19.4 Å². The van der Waals surface area contributed by atoms with Gasteiger partial charge in [-0.3, -0.25) is 9.20 Å². The first-order chi connectivity index (χ1) is 8.81. The van der Waals surface area contributed by atoms with Gasteiger partial charge in [-0.1, -0.05) is 17.7 Å². The molecule has 0 saturated carbocycles. The van der Waals surface area contributed by atoms with Gasteiger partial charge in [-0.15, -0.1) is 0 Å². The summed E-state index contributed by atoms with van der Waals surface area (Å²) in [5, 5.41) is 0.145. The fourth-order valence-electron chi connectivity index (χ4n) is 1.82. The Balaban J connectivity index is 2.36. The zero-order valence-corrected chi connectivity index (χ0v) is 9.87. The SMILES string of the molecule is O=Cc1c(Cl)ncnc1-c1cccc2nccn12. The highest BCUT2D eigenvalue weighted by atomic mass is 35.5. The lowest BCUT2D eigenvalue weighted by Crippen LogP contribution is -1.99. The molecule has 88 valence electrons. The molecule has 5 nitrogen and oxygen atoms in total. The lowest BCUT2D eigenvalue weighted by molar-refractivity contribution is 0.112. The van der Waals surface area contributed by atoms with Crippen LogP contribution in [0.1, 0.15) is 10.4 Å². The van der Waals surface area contributed by atoms with Crippen LogP contribution in [0.4, 0.5) is 0 Å². The van der Waals surface area contributed by atoms with Crippen LogP contribution < -0.4 is 0 Å². The fraction of sp³-hybridized carbons (Fsp3) is 0. The van der Waals surface area contributed by atoms with E-state index in [1.807, 2.05) is 22.6 Å². The molecule has 0 aromatic carbocycles. The summed E-state index contributed by atoms with van der Waals surface area (Å²) in [5.41, 5.74) is 2.30. The number of halogens is 1. The summed E-state index contributed by atoms with van der Waals surface area (Å²) >= 11 is 5.90. The highest BCUT2D eigenvalue weighted by molar-refractivity contribution is 6.32. The molecule has 0 radical (unpaired) electrons. The Hall–Kier alpha value is -2.27. The molecular weight excluding hydrogens is 252 g/mol. The highest BCUT2D eigenvalue weighted by Gasteiger charge is 2.13. The minimum atomic E-state index is 0.145. The van der Waals surface area contributed by atoms with Crippen LogP contribution in [0.2, 0.25) is 5.15 Å². The average Bonchev–Trinajstić information content (AvgIpc) is 2.86. The number of hydrogen-bond acceptors (Lipinski definition) is 4. The van der Waals surface area contributed by atoms with Crippen molar-refractivity contribution in [3.8, 4) is 11.4 Å². The van der Waals surface area contributed by atoms with Gasteiger partial charge in [0.1, 0.15) is 22.8 Å². The van der Waals surface area contributed by atoms with Gasteiger partial charge < -0.3 is 0 Å². The number of nitrogens with zero attached hydrogens (tertiary/aromatic N) is 4. The van der Waals surface area contributed by atoms with Crippen LogP contribution in [-0.2, 0) is 0 Å². The van der Waals surface area contributed by atoms with Crippen LogP contribution in [0.5, 0.6) is 0 Å². The zero-order valence-electron chi connectivity index (χ0n) is 9.12. The van der Waals surface area contributed by atoms with E-state index in [1.165, 1.54) is 6.33 Å². The van der Waals surface area contributed by atoms with Crippen LogP contribution in [0.15, 0.2) is 36.9 Å². The van der Waals surface area contributed by atoms with E-state index in [0.29, 0.717) is 12.0 Å². The van der Waals surface area contributed by atoms with Gasteiger partial charge in [-0.05, 0) is 12.1 Å². The summed E-state index contributed by atoms with van der Waals surface area (Å²) in [5.74, 6) is 0. The third-order valence-corrected chi connectivity index (χ3v) is 2.93. The Labute approximate surface area is 107 Å². The first-order valence-electron chi connectivity index (χ1n) is 5.19. The number of aromatic nitrogens is 4. The molecule has 0 saturated heterocycles. The van der Waals surface area contributed by atoms with Gasteiger partial charge in [-0.25, -0.2) is 15.0 Å². The number of carbonyl (C=O) groups is 1. The third-order valence-electron chi connectivity index (χ3n) is 2.62. The molecule has 0 aliphatic carbocycles. The van der Waals surface area contributed by atoms with Gasteiger partial charge >= 0.3 is 0 Å². The van der Waals surface area contributed by atoms with Crippen molar-refractivity contribution in [3.63, 3.8) is 0 Å². The molecule has 0 amide bonds. The minimum absolute atomic E-state index is 0.145. The van der Waals surface area contributed by atoms with E-state index in [4.69, 9.17) is 11.6 Å². The van der Waals surface area contributed by atoms with Crippen LogP contribution in [-0.4, -0.2) is 25.6 Å². The first-order valence-corrected chi connectivity index (χ1v) is 5.57. The van der Waals surface area contributed by atoms with Gasteiger partial charge in [0.05, 0.1) is 11.3 Å². The van der Waals surface area contributed by atoms with E-state index < -0.39 is 0 Å². The predicted octanol–water partition coefficient (Wildman–Crippen LogP) is 2.26. The Morgan fingerprint density at radius 1 is 1.22 bits per heavy atom. The van der Waals surface area contributed by atoms with E-state index in [2.05, 4.69) is 15.0 Å². The van der Waals surface area contributed by atoms with Crippen molar-refractivity contribution in [1.29, 1.82) is 0 Å². The number of aldehydes is 1. The quantitative estimate of drug-likeness (QED) is 0.523. The van der Waals surface area contributed by atoms with Crippen molar-refractivity contribution in [2.75, 3.05) is 0 Å². The highest BCUT2D eigenvalue weighted by Crippen LogP contribution is 2.24. The second-order valence-electron chi connectivity index (χ2n) is 3.61. The summed E-state index contributed by atoms with van der Waals surface area (Å²) in [7, 11) is 0. The largest absolute Gasteiger partial charge is 0.298 e. The number of imidazole rings is 1. The van der Waals surface area contributed by atoms with Crippen molar-refractivity contribution < 1.29 is 4.79 Å². The molecule has 0 N–H and O–H groups in total. The molecule has 0 bridgehead atoms. The van der Waals surface area contributed by atoms with Crippen LogP contribution >= 0.6 is 11.6 Å². The summed E-state index contributed by atoms with van der Waals surface area (Å²) in [6.07, 6.45) is 5.48. The molecule has 0 aliphatic heterocycles. The lowest BCUT2D eigenvalue weighted by atomic mass is 10.2. The van der Waals surface area contributed by atoms with Gasteiger partial charge in [0, 0.05) is 12.4 Å². The lowest BCUT2D eigenvalue weighted by Gasteiger charge is -2.07. The molecule has 6 heteroatoms. The zero-order chi connectivity index (χ0) is 12.5. The topological polar surface area (TPSA) is 60.2 Å². The molecule has 0 spiro atoms. The summed E-state index contributed by atoms with van der Waals surface area (Å²) in [6.45, 7) is 0. The van der Waals surface area contributed by atoms with Crippen molar-refractivity contribution >= 4 is 23.5 Å². The van der Waals surface area contributed by atoms with Gasteiger partial charge in [0.2, 0.25) is 0 Å². The van der Waals surface area contributed by atoms with E-state index >= 15 is 0 Å². The predicted molar refractivity (Wildman–Crippen MR) is 66.6 cm³/mol. The monoisotopic (exact) mass is 258 g/mol. The first kappa shape index (κ1) is 10.9. The molecule has 18 heavy (non-hydrogen) atoms. The maximum absolute atomic E-state index is 11.1. The average molecular weight is 259 g/mol. The van der Waals surface area contributed by atoms with Gasteiger partial charge in [0.25, 0.3) is 0 Å². The minimum Gasteiger partial charge on any atom is -0.298 e. The molecule has 3 heterocycles. The fourth-order valence-corrected chi connectivity index (χ4v) is 2.00. The van der Waals surface area contributed by atoms with Crippen LogP contribution in [0, 0.1) is 0 Å². The molecule has 0 atom stereocenters. The van der Waals surface area contributed by atoms with E-state index in [-0.39, 0.29) is 10.7 Å². The number of rotatable bonds is 2. The van der Waals surface area contributed by atoms with Gasteiger partial charge in [-0.2, -0.15) is 0 Å². The second-order valence-corrected chi connectivity index (χ2v) is 3.97. The Bertz CT molecular complexity index is 738. The molecular formula is C12H7ClN4O. The molecule has 0 fully saturated rings. The van der Waals surface area contributed by atoms with E-state index in [1.54, 1.807) is 12.4 Å².